The van der Waals surface area contributed by atoms with Gasteiger partial charge in [-0.25, -0.2) is 12.8 Å². The van der Waals surface area contributed by atoms with E-state index in [9.17, 15) is 17.6 Å². The maximum atomic E-state index is 14.0. The monoisotopic (exact) mass is 350 g/mol. The molecule has 0 saturated heterocycles. The van der Waals surface area contributed by atoms with Crippen LogP contribution in [-0.4, -0.2) is 14.3 Å². The number of sulfonamides is 1. The average Bonchev–Trinajstić information content (AvgIpc) is 2.40. The minimum absolute atomic E-state index is 0.123. The minimum atomic E-state index is -3.96. The maximum Gasteiger partial charge on any atom is 0.262 e. The summed E-state index contributed by atoms with van der Waals surface area (Å²) < 4.78 is 41.6. The van der Waals surface area contributed by atoms with Crippen LogP contribution in [0, 0.1) is 26.6 Å². The van der Waals surface area contributed by atoms with Crippen LogP contribution < -0.4 is 10.0 Å². The van der Waals surface area contributed by atoms with E-state index in [-0.39, 0.29) is 16.5 Å². The highest BCUT2D eigenvalue weighted by atomic mass is 32.2. The molecule has 128 valence electrons. The van der Waals surface area contributed by atoms with Crippen molar-refractivity contribution in [2.75, 3.05) is 10.0 Å². The molecule has 0 fully saturated rings. The molecule has 2 aromatic rings. The summed E-state index contributed by atoms with van der Waals surface area (Å²) in [5.41, 5.74) is 2.19. The highest BCUT2D eigenvalue weighted by Gasteiger charge is 2.21. The van der Waals surface area contributed by atoms with E-state index in [1.54, 1.807) is 26.0 Å². The summed E-state index contributed by atoms with van der Waals surface area (Å²) in [6, 6.07) is 7.21. The zero-order valence-electron chi connectivity index (χ0n) is 13.9. The molecule has 0 spiro atoms. The predicted octanol–water partition coefficient (Wildman–Crippen LogP) is 3.51. The summed E-state index contributed by atoms with van der Waals surface area (Å²) in [5.74, 6) is -1.06. The quantitative estimate of drug-likeness (QED) is 0.886. The number of aryl methyl sites for hydroxylation is 3. The molecular weight excluding hydrogens is 331 g/mol. The number of halogens is 1. The van der Waals surface area contributed by atoms with E-state index in [2.05, 4.69) is 10.0 Å². The number of rotatable bonds is 4. The van der Waals surface area contributed by atoms with Gasteiger partial charge in [-0.15, -0.1) is 0 Å². The van der Waals surface area contributed by atoms with E-state index >= 15 is 0 Å². The lowest BCUT2D eigenvalue weighted by molar-refractivity contribution is -0.114. The molecule has 0 aliphatic rings. The molecule has 2 aromatic carbocycles. The third-order valence-corrected chi connectivity index (χ3v) is 5.07. The second kappa shape index (κ2) is 6.60. The van der Waals surface area contributed by atoms with Crippen molar-refractivity contribution >= 4 is 27.3 Å². The molecule has 0 aliphatic carbocycles. The minimum Gasteiger partial charge on any atom is -0.326 e. The van der Waals surface area contributed by atoms with Gasteiger partial charge in [-0.1, -0.05) is 17.7 Å². The summed E-state index contributed by atoms with van der Waals surface area (Å²) in [4.78, 5) is 11.2. The van der Waals surface area contributed by atoms with E-state index in [1.807, 2.05) is 6.92 Å². The summed E-state index contributed by atoms with van der Waals surface area (Å²) >= 11 is 0. The highest BCUT2D eigenvalue weighted by molar-refractivity contribution is 7.92. The summed E-state index contributed by atoms with van der Waals surface area (Å²) in [7, 11) is -3.96. The fourth-order valence-electron chi connectivity index (χ4n) is 2.67. The van der Waals surface area contributed by atoms with E-state index in [4.69, 9.17) is 0 Å². The summed E-state index contributed by atoms with van der Waals surface area (Å²) in [6.45, 7) is 6.57. The highest BCUT2D eigenvalue weighted by Crippen LogP contribution is 2.27. The van der Waals surface area contributed by atoms with Crippen LogP contribution in [0.4, 0.5) is 15.8 Å². The number of amides is 1. The van der Waals surface area contributed by atoms with Crippen molar-refractivity contribution < 1.29 is 17.6 Å². The molecule has 2 N–H and O–H groups in total. The Labute approximate surface area is 141 Å². The van der Waals surface area contributed by atoms with Crippen LogP contribution in [0.15, 0.2) is 35.2 Å². The Bertz CT molecular complexity index is 885. The molecule has 7 heteroatoms. The third kappa shape index (κ3) is 3.91. The maximum absolute atomic E-state index is 14.0. The first-order valence-corrected chi connectivity index (χ1v) is 8.76. The molecule has 0 saturated carbocycles. The molecule has 0 heterocycles. The second-order valence-electron chi connectivity index (χ2n) is 5.71. The molecule has 0 bridgehead atoms. The van der Waals surface area contributed by atoms with Crippen molar-refractivity contribution in [1.29, 1.82) is 0 Å². The first kappa shape index (κ1) is 17.9. The van der Waals surface area contributed by atoms with Crippen LogP contribution in [-0.2, 0) is 14.8 Å². The van der Waals surface area contributed by atoms with Crippen LogP contribution in [0.1, 0.15) is 23.6 Å². The zero-order valence-corrected chi connectivity index (χ0v) is 14.7. The number of benzene rings is 2. The van der Waals surface area contributed by atoms with Crippen LogP contribution in [0.25, 0.3) is 0 Å². The SMILES string of the molecule is CC(=O)Nc1ccc(F)c(NS(=O)(=O)c2c(C)cc(C)cc2C)c1. The molecule has 24 heavy (non-hydrogen) atoms. The van der Waals surface area contributed by atoms with Crippen molar-refractivity contribution in [2.24, 2.45) is 0 Å². The Morgan fingerprint density at radius 3 is 2.17 bits per heavy atom. The van der Waals surface area contributed by atoms with E-state index < -0.39 is 15.8 Å². The van der Waals surface area contributed by atoms with Crippen molar-refractivity contribution in [2.45, 2.75) is 32.6 Å². The number of nitrogens with one attached hydrogen (secondary N) is 2. The lowest BCUT2D eigenvalue weighted by atomic mass is 10.1. The molecule has 1 amide bonds. The van der Waals surface area contributed by atoms with E-state index in [0.717, 1.165) is 11.6 Å². The van der Waals surface area contributed by atoms with Gasteiger partial charge in [0.1, 0.15) is 5.82 Å². The average molecular weight is 350 g/mol. The van der Waals surface area contributed by atoms with E-state index in [1.165, 1.54) is 19.1 Å². The first-order valence-electron chi connectivity index (χ1n) is 7.28. The number of hydrogen-bond donors (Lipinski definition) is 2. The van der Waals surface area contributed by atoms with Crippen molar-refractivity contribution in [3.05, 3.63) is 52.8 Å². The Hall–Kier alpha value is -2.41. The summed E-state index contributed by atoms with van der Waals surface area (Å²) in [6.07, 6.45) is 0. The lowest BCUT2D eigenvalue weighted by Crippen LogP contribution is -2.17. The molecular formula is C17H19FN2O3S. The van der Waals surface area contributed by atoms with Crippen LogP contribution >= 0.6 is 0 Å². The van der Waals surface area contributed by atoms with E-state index in [0.29, 0.717) is 16.8 Å². The Morgan fingerprint density at radius 1 is 1.04 bits per heavy atom. The van der Waals surface area contributed by atoms with Crippen LogP contribution in [0.3, 0.4) is 0 Å². The third-order valence-electron chi connectivity index (χ3n) is 3.40. The number of carbonyl (C=O) groups is 1. The molecule has 0 aromatic heterocycles. The van der Waals surface area contributed by atoms with Gasteiger partial charge in [-0.2, -0.15) is 0 Å². The molecule has 0 aliphatic heterocycles. The fraction of sp³-hybridized carbons (Fsp3) is 0.235. The Balaban J connectivity index is 2.45. The Kier molecular flexibility index (Phi) is 4.94. The fourth-order valence-corrected chi connectivity index (χ4v) is 4.18. The van der Waals surface area contributed by atoms with Gasteiger partial charge in [0.25, 0.3) is 10.0 Å². The first-order chi connectivity index (χ1) is 11.1. The topological polar surface area (TPSA) is 75.3 Å². The standard InChI is InChI=1S/C17H19FN2O3S/c1-10-7-11(2)17(12(3)8-10)24(22,23)20-16-9-14(19-13(4)21)5-6-15(16)18/h5-9,20H,1-4H3,(H,19,21). The van der Waals surface area contributed by atoms with Gasteiger partial charge in [-0.05, 0) is 50.1 Å². The zero-order chi connectivity index (χ0) is 18.1. The smallest absolute Gasteiger partial charge is 0.262 e. The van der Waals surface area contributed by atoms with Crippen LogP contribution in [0.2, 0.25) is 0 Å². The second-order valence-corrected chi connectivity index (χ2v) is 7.33. The van der Waals surface area contributed by atoms with Gasteiger partial charge in [-0.3, -0.25) is 9.52 Å². The van der Waals surface area contributed by atoms with Crippen LogP contribution in [0.5, 0.6) is 0 Å². The lowest BCUT2D eigenvalue weighted by Gasteiger charge is -2.15. The molecule has 0 atom stereocenters. The van der Waals surface area contributed by atoms with Gasteiger partial charge in [0, 0.05) is 12.6 Å². The van der Waals surface area contributed by atoms with Crippen molar-refractivity contribution in [3.8, 4) is 0 Å². The van der Waals surface area contributed by atoms with Crippen molar-refractivity contribution in [1.82, 2.24) is 0 Å². The van der Waals surface area contributed by atoms with Gasteiger partial charge < -0.3 is 5.32 Å². The molecule has 0 radical (unpaired) electrons. The van der Waals surface area contributed by atoms with Gasteiger partial charge >= 0.3 is 0 Å². The number of carbonyl (C=O) groups excluding carboxylic acids is 1. The summed E-state index contributed by atoms with van der Waals surface area (Å²) in [5, 5.41) is 2.49. The molecule has 0 unspecified atom stereocenters. The normalized spacial score (nSPS) is 11.2. The van der Waals surface area contributed by atoms with Gasteiger partial charge in [0.15, 0.2) is 0 Å². The largest absolute Gasteiger partial charge is 0.326 e. The Morgan fingerprint density at radius 2 is 1.62 bits per heavy atom. The van der Waals surface area contributed by atoms with Gasteiger partial charge in [0.05, 0.1) is 10.6 Å². The molecule has 2 rings (SSSR count). The predicted molar refractivity (Wildman–Crippen MR) is 92.2 cm³/mol. The van der Waals surface area contributed by atoms with Gasteiger partial charge in [0.2, 0.25) is 5.91 Å². The molecule has 5 nitrogen and oxygen atoms in total. The van der Waals surface area contributed by atoms with Crippen molar-refractivity contribution in [3.63, 3.8) is 0 Å². The number of hydrogen-bond acceptors (Lipinski definition) is 3. The number of anilines is 2.